The number of hydrogen-bond acceptors (Lipinski definition) is 4. The Balaban J connectivity index is 2.69. The van der Waals surface area contributed by atoms with E-state index in [0.717, 1.165) is 5.75 Å². The number of carbonyl (C=O) groups excluding carboxylic acids is 1. The van der Waals surface area contributed by atoms with Crippen LogP contribution in [0, 0.1) is 5.92 Å². The summed E-state index contributed by atoms with van der Waals surface area (Å²) >= 11 is 1.77. The molecule has 0 fully saturated rings. The molecule has 0 spiro atoms. The Morgan fingerprint density at radius 1 is 1.69 bits per heavy atom. The smallest absolute Gasteiger partial charge is 0.352 e. The highest BCUT2D eigenvalue weighted by atomic mass is 32.2. The Hall–Kier alpha value is -0.510. The molecule has 0 amide bonds. The van der Waals surface area contributed by atoms with Crippen LogP contribution in [0.2, 0.25) is 0 Å². The van der Waals surface area contributed by atoms with E-state index in [4.69, 9.17) is 4.74 Å². The summed E-state index contributed by atoms with van der Waals surface area (Å²) in [7, 11) is 0. The van der Waals surface area contributed by atoms with Crippen LogP contribution < -0.4 is 0 Å². The number of esters is 1. The molecule has 0 bridgehead atoms. The summed E-state index contributed by atoms with van der Waals surface area (Å²) in [6, 6.07) is 0. The Bertz CT molecular complexity index is 228. The number of carbonyl (C=O) groups is 1. The van der Waals surface area contributed by atoms with Crippen molar-refractivity contribution in [1.29, 1.82) is 0 Å². The summed E-state index contributed by atoms with van der Waals surface area (Å²) in [5, 5.41) is 0.190. The zero-order valence-electron chi connectivity index (χ0n) is 8.24. The third-order valence-corrected chi connectivity index (χ3v) is 3.14. The maximum Gasteiger partial charge on any atom is 0.352 e. The van der Waals surface area contributed by atoms with Crippen molar-refractivity contribution in [1.82, 2.24) is 0 Å². The van der Waals surface area contributed by atoms with E-state index < -0.39 is 0 Å². The molecule has 0 N–H and O–H groups in total. The lowest BCUT2D eigenvalue weighted by molar-refractivity contribution is -0.135. The van der Waals surface area contributed by atoms with Crippen LogP contribution >= 0.6 is 11.8 Å². The van der Waals surface area contributed by atoms with Crippen LogP contribution in [0.3, 0.4) is 0 Å². The van der Waals surface area contributed by atoms with Crippen LogP contribution in [0.4, 0.5) is 0 Å². The minimum atomic E-state index is -0.248. The quantitative estimate of drug-likeness (QED) is 0.638. The fourth-order valence-electron chi connectivity index (χ4n) is 1.18. The van der Waals surface area contributed by atoms with Gasteiger partial charge in [-0.2, -0.15) is 0 Å². The second-order valence-electron chi connectivity index (χ2n) is 3.07. The normalized spacial score (nSPS) is 28.1. The van der Waals surface area contributed by atoms with E-state index >= 15 is 0 Å². The van der Waals surface area contributed by atoms with Gasteiger partial charge >= 0.3 is 5.97 Å². The summed E-state index contributed by atoms with van der Waals surface area (Å²) in [5.41, 5.74) is 0.605. The van der Waals surface area contributed by atoms with Crippen molar-refractivity contribution in [3.63, 3.8) is 0 Å². The van der Waals surface area contributed by atoms with E-state index in [-0.39, 0.29) is 17.3 Å². The third kappa shape index (κ3) is 2.72. The molecule has 2 atom stereocenters. The van der Waals surface area contributed by atoms with Gasteiger partial charge in [-0.25, -0.2) is 4.79 Å². The van der Waals surface area contributed by atoms with Gasteiger partial charge in [-0.15, -0.1) is 11.8 Å². The van der Waals surface area contributed by atoms with Gasteiger partial charge in [-0.3, -0.25) is 4.99 Å². The van der Waals surface area contributed by atoms with Crippen LogP contribution in [-0.4, -0.2) is 29.4 Å². The van der Waals surface area contributed by atoms with Crippen LogP contribution in [0.1, 0.15) is 20.8 Å². The van der Waals surface area contributed by atoms with Gasteiger partial charge in [0, 0.05) is 11.7 Å². The van der Waals surface area contributed by atoms with Gasteiger partial charge in [-0.1, -0.05) is 6.92 Å². The van der Waals surface area contributed by atoms with E-state index in [1.807, 2.05) is 20.8 Å². The topological polar surface area (TPSA) is 38.7 Å². The summed E-state index contributed by atoms with van der Waals surface area (Å²) in [6.45, 7) is 6.24. The molecule has 1 aliphatic heterocycles. The number of rotatable bonds is 2. The van der Waals surface area contributed by atoms with E-state index in [2.05, 4.69) is 4.99 Å². The second-order valence-corrected chi connectivity index (χ2v) is 4.42. The van der Waals surface area contributed by atoms with Gasteiger partial charge in [0.1, 0.15) is 5.71 Å². The first kappa shape index (κ1) is 10.6. The predicted molar refractivity (Wildman–Crippen MR) is 55.2 cm³/mol. The molecule has 0 aromatic heterocycles. The lowest BCUT2D eigenvalue weighted by atomic mass is 10.1. The molecule has 2 unspecified atom stereocenters. The molecule has 1 heterocycles. The first-order valence-corrected chi connectivity index (χ1v) is 5.56. The number of thioether (sulfide) groups is 1. The Kier molecular flexibility index (Phi) is 3.78. The SMILES string of the molecule is CCOC(=O)C1=NC(C)SCC1C. The average molecular weight is 201 g/mol. The fraction of sp³-hybridized carbons (Fsp3) is 0.778. The van der Waals surface area contributed by atoms with E-state index in [1.54, 1.807) is 11.8 Å². The average Bonchev–Trinajstić information content (AvgIpc) is 2.09. The van der Waals surface area contributed by atoms with Crippen molar-refractivity contribution in [3.05, 3.63) is 0 Å². The third-order valence-electron chi connectivity index (χ3n) is 1.86. The molecule has 13 heavy (non-hydrogen) atoms. The largest absolute Gasteiger partial charge is 0.462 e. The zero-order valence-corrected chi connectivity index (χ0v) is 9.06. The molecule has 3 nitrogen and oxygen atoms in total. The minimum absolute atomic E-state index is 0.190. The number of hydrogen-bond donors (Lipinski definition) is 0. The Morgan fingerprint density at radius 2 is 2.38 bits per heavy atom. The standard InChI is InChI=1S/C9H15NO2S/c1-4-12-9(11)8-6(2)5-13-7(3)10-8/h6-7H,4-5H2,1-3H3. The highest BCUT2D eigenvalue weighted by Crippen LogP contribution is 2.23. The van der Waals surface area contributed by atoms with Gasteiger partial charge in [0.2, 0.25) is 0 Å². The van der Waals surface area contributed by atoms with Crippen molar-refractivity contribution in [2.75, 3.05) is 12.4 Å². The van der Waals surface area contributed by atoms with Gasteiger partial charge in [0.25, 0.3) is 0 Å². The molecular formula is C9H15NO2S. The number of nitrogens with zero attached hydrogens (tertiary/aromatic N) is 1. The Labute approximate surface area is 82.9 Å². The lowest BCUT2D eigenvalue weighted by Crippen LogP contribution is -2.30. The zero-order chi connectivity index (χ0) is 9.84. The second kappa shape index (κ2) is 4.65. The van der Waals surface area contributed by atoms with Crippen molar-refractivity contribution >= 4 is 23.4 Å². The number of ether oxygens (including phenoxy) is 1. The maximum atomic E-state index is 11.4. The van der Waals surface area contributed by atoms with Crippen molar-refractivity contribution in [2.24, 2.45) is 10.9 Å². The highest BCUT2D eigenvalue weighted by Gasteiger charge is 2.25. The minimum Gasteiger partial charge on any atom is -0.462 e. The van der Waals surface area contributed by atoms with Crippen molar-refractivity contribution in [3.8, 4) is 0 Å². The molecule has 0 saturated carbocycles. The fourth-order valence-corrected chi connectivity index (χ4v) is 2.09. The van der Waals surface area contributed by atoms with Crippen molar-refractivity contribution < 1.29 is 9.53 Å². The summed E-state index contributed by atoms with van der Waals surface area (Å²) in [5.74, 6) is 0.932. The van der Waals surface area contributed by atoms with E-state index in [9.17, 15) is 4.79 Å². The summed E-state index contributed by atoms with van der Waals surface area (Å²) < 4.78 is 4.92. The molecule has 0 aromatic carbocycles. The van der Waals surface area contributed by atoms with E-state index in [0.29, 0.717) is 12.3 Å². The molecule has 0 saturated heterocycles. The monoisotopic (exact) mass is 201 g/mol. The highest BCUT2D eigenvalue weighted by molar-refractivity contribution is 7.99. The first-order valence-electron chi connectivity index (χ1n) is 4.51. The molecule has 4 heteroatoms. The van der Waals surface area contributed by atoms with Gasteiger partial charge < -0.3 is 4.74 Å². The first-order chi connectivity index (χ1) is 6.15. The van der Waals surface area contributed by atoms with Gasteiger partial charge in [-0.05, 0) is 13.8 Å². The molecule has 0 aromatic rings. The van der Waals surface area contributed by atoms with E-state index in [1.165, 1.54) is 0 Å². The van der Waals surface area contributed by atoms with Crippen LogP contribution in [0.5, 0.6) is 0 Å². The van der Waals surface area contributed by atoms with Crippen LogP contribution in [0.25, 0.3) is 0 Å². The molecule has 1 rings (SSSR count). The van der Waals surface area contributed by atoms with Crippen molar-refractivity contribution in [2.45, 2.75) is 26.1 Å². The lowest BCUT2D eigenvalue weighted by Gasteiger charge is -2.21. The summed E-state index contributed by atoms with van der Waals surface area (Å²) in [6.07, 6.45) is 0. The number of aliphatic imine (C=N–C) groups is 1. The van der Waals surface area contributed by atoms with Gasteiger partial charge in [0.15, 0.2) is 0 Å². The molecule has 0 radical (unpaired) electrons. The molecule has 0 aliphatic carbocycles. The van der Waals surface area contributed by atoms with Gasteiger partial charge in [0.05, 0.1) is 12.0 Å². The predicted octanol–water partition coefficient (Wildman–Crippen LogP) is 1.72. The van der Waals surface area contributed by atoms with Crippen LogP contribution in [0.15, 0.2) is 4.99 Å². The maximum absolute atomic E-state index is 11.4. The summed E-state index contributed by atoms with van der Waals surface area (Å²) in [4.78, 5) is 15.7. The Morgan fingerprint density at radius 3 is 3.00 bits per heavy atom. The molecular weight excluding hydrogens is 186 g/mol. The molecule has 74 valence electrons. The van der Waals surface area contributed by atoms with Crippen LogP contribution in [-0.2, 0) is 9.53 Å². The molecule has 1 aliphatic rings.